The van der Waals surface area contributed by atoms with Gasteiger partial charge in [0.15, 0.2) is 0 Å². The number of halogens is 4. The normalized spacial score (nSPS) is 13.7. The molecule has 0 saturated heterocycles. The summed E-state index contributed by atoms with van der Waals surface area (Å²) in [6, 6.07) is 5.27. The maximum Gasteiger partial charge on any atom is 0.411 e. The molecule has 1 rings (SSSR count). The van der Waals surface area contributed by atoms with Gasteiger partial charge >= 0.3 is 6.18 Å². The predicted octanol–water partition coefficient (Wildman–Crippen LogP) is 2.83. The molecule has 0 aliphatic rings. The molecule has 1 atom stereocenters. The monoisotopic (exact) mass is 252 g/mol. The van der Waals surface area contributed by atoms with Crippen LogP contribution in [0, 0.1) is 5.82 Å². The Hall–Kier alpha value is -1.14. The average molecular weight is 252 g/mol. The number of aliphatic hydroxyl groups excluding tert-OH is 1. The van der Waals surface area contributed by atoms with Crippen LogP contribution >= 0.6 is 0 Å². The summed E-state index contributed by atoms with van der Waals surface area (Å²) in [4.78, 5) is 0. The van der Waals surface area contributed by atoms with E-state index < -0.39 is 24.7 Å². The zero-order valence-corrected chi connectivity index (χ0v) is 8.88. The Morgan fingerprint density at radius 1 is 1.29 bits per heavy atom. The van der Waals surface area contributed by atoms with E-state index >= 15 is 0 Å². The summed E-state index contributed by atoms with van der Waals surface area (Å²) in [6.45, 7) is -1.58. The van der Waals surface area contributed by atoms with Crippen LogP contribution in [0.25, 0.3) is 0 Å². The van der Waals surface area contributed by atoms with Crippen LogP contribution in [0.5, 0.6) is 0 Å². The summed E-state index contributed by atoms with van der Waals surface area (Å²) in [5, 5.41) is 9.55. The second-order valence-corrected chi connectivity index (χ2v) is 3.53. The van der Waals surface area contributed by atoms with E-state index in [4.69, 9.17) is 0 Å². The summed E-state index contributed by atoms with van der Waals surface area (Å²) in [5.41, 5.74) is 0.320. The Bertz CT molecular complexity index is 352. The third-order valence-electron chi connectivity index (χ3n) is 2.03. The summed E-state index contributed by atoms with van der Waals surface area (Å²) in [6.07, 6.45) is -5.41. The van der Waals surface area contributed by atoms with E-state index in [1.54, 1.807) is 0 Å². The molecule has 6 heteroatoms. The number of aliphatic hydroxyl groups is 1. The smallest absolute Gasteiger partial charge is 0.388 e. The Morgan fingerprint density at radius 3 is 2.59 bits per heavy atom. The topological polar surface area (TPSA) is 29.5 Å². The maximum absolute atomic E-state index is 12.8. The van der Waals surface area contributed by atoms with Gasteiger partial charge in [-0.2, -0.15) is 13.2 Å². The van der Waals surface area contributed by atoms with E-state index in [2.05, 4.69) is 4.74 Å². The van der Waals surface area contributed by atoms with Crippen molar-refractivity contribution >= 4 is 0 Å². The van der Waals surface area contributed by atoms with E-state index in [0.717, 1.165) is 6.07 Å². The molecule has 0 spiro atoms. The highest BCUT2D eigenvalue weighted by atomic mass is 19.4. The molecule has 0 fully saturated rings. The lowest BCUT2D eigenvalue weighted by atomic mass is 10.1. The summed E-state index contributed by atoms with van der Waals surface area (Å²) in [5.74, 6) is -0.502. The van der Waals surface area contributed by atoms with Gasteiger partial charge in [-0.3, -0.25) is 0 Å². The second kappa shape index (κ2) is 5.97. The number of benzene rings is 1. The quantitative estimate of drug-likeness (QED) is 0.645. The average Bonchev–Trinajstić information content (AvgIpc) is 2.23. The summed E-state index contributed by atoms with van der Waals surface area (Å²) >= 11 is 0. The molecule has 0 amide bonds. The first kappa shape index (κ1) is 13.9. The van der Waals surface area contributed by atoms with E-state index in [1.165, 1.54) is 18.2 Å². The van der Waals surface area contributed by atoms with Crippen molar-refractivity contribution in [2.45, 2.75) is 18.7 Å². The summed E-state index contributed by atoms with van der Waals surface area (Å²) in [7, 11) is 0. The van der Waals surface area contributed by atoms with Crippen LogP contribution in [0.3, 0.4) is 0 Å². The Morgan fingerprint density at radius 2 is 2.00 bits per heavy atom. The lowest BCUT2D eigenvalue weighted by molar-refractivity contribution is -0.175. The van der Waals surface area contributed by atoms with E-state index in [0.29, 0.717) is 5.56 Å². The van der Waals surface area contributed by atoms with Gasteiger partial charge in [0.1, 0.15) is 12.4 Å². The number of hydrogen-bond acceptors (Lipinski definition) is 2. The van der Waals surface area contributed by atoms with Gasteiger partial charge in [0.05, 0.1) is 6.10 Å². The predicted molar refractivity (Wildman–Crippen MR) is 52.9 cm³/mol. The SMILES string of the molecule is OC(CCOCC(F)(F)F)c1cccc(F)c1. The molecule has 0 aliphatic carbocycles. The lowest BCUT2D eigenvalue weighted by Gasteiger charge is -2.12. The Labute approximate surface area is 95.8 Å². The van der Waals surface area contributed by atoms with Gasteiger partial charge in [-0.05, 0) is 17.7 Å². The van der Waals surface area contributed by atoms with Crippen molar-refractivity contribution in [2.75, 3.05) is 13.2 Å². The highest BCUT2D eigenvalue weighted by Gasteiger charge is 2.27. The van der Waals surface area contributed by atoms with Crippen molar-refractivity contribution in [1.29, 1.82) is 0 Å². The van der Waals surface area contributed by atoms with Gasteiger partial charge in [-0.1, -0.05) is 12.1 Å². The van der Waals surface area contributed by atoms with Crippen LogP contribution in [-0.2, 0) is 4.74 Å². The van der Waals surface area contributed by atoms with Gasteiger partial charge in [0, 0.05) is 13.0 Å². The van der Waals surface area contributed by atoms with Crippen LogP contribution in [0.4, 0.5) is 17.6 Å². The second-order valence-electron chi connectivity index (χ2n) is 3.53. The fourth-order valence-electron chi connectivity index (χ4n) is 1.26. The third kappa shape index (κ3) is 5.65. The Kier molecular flexibility index (Phi) is 4.89. The first-order chi connectivity index (χ1) is 7.88. The van der Waals surface area contributed by atoms with Crippen molar-refractivity contribution in [3.63, 3.8) is 0 Å². The van der Waals surface area contributed by atoms with Crippen LogP contribution in [0.1, 0.15) is 18.1 Å². The van der Waals surface area contributed by atoms with Gasteiger partial charge in [0.25, 0.3) is 0 Å². The molecule has 0 heterocycles. The molecule has 0 radical (unpaired) electrons. The van der Waals surface area contributed by atoms with E-state index in [-0.39, 0.29) is 13.0 Å². The van der Waals surface area contributed by atoms with Crippen molar-refractivity contribution in [1.82, 2.24) is 0 Å². The van der Waals surface area contributed by atoms with Gasteiger partial charge in [-0.15, -0.1) is 0 Å². The number of rotatable bonds is 5. The third-order valence-corrected chi connectivity index (χ3v) is 2.03. The summed E-state index contributed by atoms with van der Waals surface area (Å²) < 4.78 is 52.3. The lowest BCUT2D eigenvalue weighted by Crippen LogP contribution is -2.18. The molecule has 1 N–H and O–H groups in total. The molecule has 96 valence electrons. The largest absolute Gasteiger partial charge is 0.411 e. The highest BCUT2D eigenvalue weighted by Crippen LogP contribution is 2.19. The number of alkyl halides is 3. The fourth-order valence-corrected chi connectivity index (χ4v) is 1.26. The highest BCUT2D eigenvalue weighted by molar-refractivity contribution is 5.18. The van der Waals surface area contributed by atoms with Crippen molar-refractivity contribution in [3.8, 4) is 0 Å². The van der Waals surface area contributed by atoms with Gasteiger partial charge in [-0.25, -0.2) is 4.39 Å². The zero-order valence-electron chi connectivity index (χ0n) is 8.88. The number of hydrogen-bond donors (Lipinski definition) is 1. The standard InChI is InChI=1S/C11H12F4O2/c12-9-3-1-2-8(6-9)10(16)4-5-17-7-11(13,14)15/h1-3,6,10,16H,4-5,7H2. The molecule has 0 aliphatic heterocycles. The van der Waals surface area contributed by atoms with E-state index in [1.807, 2.05) is 0 Å². The molecule has 1 unspecified atom stereocenters. The molecule has 0 saturated carbocycles. The van der Waals surface area contributed by atoms with Gasteiger partial charge < -0.3 is 9.84 Å². The number of ether oxygens (including phenoxy) is 1. The van der Waals surface area contributed by atoms with Crippen molar-refractivity contribution in [2.24, 2.45) is 0 Å². The molecular weight excluding hydrogens is 240 g/mol. The zero-order chi connectivity index (χ0) is 12.9. The molecule has 1 aromatic rings. The molecule has 0 bridgehead atoms. The molecule has 17 heavy (non-hydrogen) atoms. The molecule has 1 aromatic carbocycles. The van der Waals surface area contributed by atoms with Crippen molar-refractivity contribution < 1.29 is 27.4 Å². The molecule has 0 aromatic heterocycles. The first-order valence-corrected chi connectivity index (χ1v) is 4.96. The van der Waals surface area contributed by atoms with Gasteiger partial charge in [0.2, 0.25) is 0 Å². The van der Waals surface area contributed by atoms with Crippen LogP contribution in [0.15, 0.2) is 24.3 Å². The fraction of sp³-hybridized carbons (Fsp3) is 0.455. The minimum atomic E-state index is -4.37. The minimum Gasteiger partial charge on any atom is -0.388 e. The van der Waals surface area contributed by atoms with Crippen LogP contribution < -0.4 is 0 Å². The molecular formula is C11H12F4O2. The van der Waals surface area contributed by atoms with Crippen LogP contribution in [0.2, 0.25) is 0 Å². The van der Waals surface area contributed by atoms with Crippen molar-refractivity contribution in [3.05, 3.63) is 35.6 Å². The van der Waals surface area contributed by atoms with E-state index in [9.17, 15) is 22.7 Å². The maximum atomic E-state index is 12.8. The minimum absolute atomic E-state index is 0.0144. The van der Waals surface area contributed by atoms with Crippen LogP contribution in [-0.4, -0.2) is 24.5 Å². The molecule has 2 nitrogen and oxygen atoms in total. The Balaban J connectivity index is 2.33. The first-order valence-electron chi connectivity index (χ1n) is 4.96.